The standard InChI is InChI=1S/C28H43N3Si3/c1-22-10-16-25(17-11-22)29-32(4,5)28(33(6,7)30-26-18-12-23(2)13-19-26)34(8,9)31-27-20-14-24(3)15-21-27/h10-21,28-31H,1-9H3. The molecule has 0 fully saturated rings. The maximum atomic E-state index is 4.08. The van der Waals surface area contributed by atoms with Crippen LogP contribution in [0.1, 0.15) is 16.7 Å². The molecular weight excluding hydrogens is 463 g/mol. The number of hydrogen-bond acceptors (Lipinski definition) is 3. The Labute approximate surface area is 210 Å². The molecule has 3 rings (SSSR count). The fourth-order valence-corrected chi connectivity index (χ4v) is 32.1. The summed E-state index contributed by atoms with van der Waals surface area (Å²) in [6.45, 7) is 21.6. The first-order chi connectivity index (χ1) is 15.8. The third-order valence-electron chi connectivity index (χ3n) is 6.72. The Bertz CT molecular complexity index is 932. The summed E-state index contributed by atoms with van der Waals surface area (Å²) in [6, 6.07) is 26.7. The van der Waals surface area contributed by atoms with Crippen LogP contribution in [-0.2, 0) is 0 Å². The smallest absolute Gasteiger partial charge is 0.148 e. The number of benzene rings is 3. The van der Waals surface area contributed by atoms with Gasteiger partial charge >= 0.3 is 0 Å². The van der Waals surface area contributed by atoms with E-state index in [2.05, 4.69) is 148 Å². The van der Waals surface area contributed by atoms with Crippen molar-refractivity contribution >= 4 is 41.8 Å². The Kier molecular flexibility index (Phi) is 7.85. The van der Waals surface area contributed by atoms with E-state index in [9.17, 15) is 0 Å². The average Bonchev–Trinajstić information content (AvgIpc) is 2.72. The lowest BCUT2D eigenvalue weighted by atomic mass is 10.2. The quantitative estimate of drug-likeness (QED) is 0.256. The van der Waals surface area contributed by atoms with Crippen LogP contribution >= 0.6 is 0 Å². The molecular formula is C28H43N3Si3. The molecule has 0 heterocycles. The van der Waals surface area contributed by atoms with E-state index >= 15 is 0 Å². The van der Waals surface area contributed by atoms with E-state index in [1.54, 1.807) is 0 Å². The molecule has 0 radical (unpaired) electrons. The molecule has 3 aromatic carbocycles. The highest BCUT2D eigenvalue weighted by Gasteiger charge is 2.54. The summed E-state index contributed by atoms with van der Waals surface area (Å²) < 4.78 is 0. The van der Waals surface area contributed by atoms with Crippen molar-refractivity contribution in [2.45, 2.75) is 64.8 Å². The summed E-state index contributed by atoms with van der Waals surface area (Å²) in [5.41, 5.74) is 7.63. The predicted molar refractivity (Wildman–Crippen MR) is 161 cm³/mol. The van der Waals surface area contributed by atoms with Crippen molar-refractivity contribution in [3.63, 3.8) is 0 Å². The summed E-state index contributed by atoms with van der Waals surface area (Å²) in [5, 5.41) is 0. The van der Waals surface area contributed by atoms with E-state index in [1.807, 2.05) is 0 Å². The number of hydrogen-bond donors (Lipinski definition) is 3. The second-order valence-electron chi connectivity index (χ2n) is 11.6. The second-order valence-corrected chi connectivity index (χ2v) is 26.1. The van der Waals surface area contributed by atoms with Gasteiger partial charge in [0.25, 0.3) is 0 Å². The van der Waals surface area contributed by atoms with Crippen molar-refractivity contribution in [1.29, 1.82) is 0 Å². The summed E-state index contributed by atoms with van der Waals surface area (Å²) in [6.07, 6.45) is 0. The third kappa shape index (κ3) is 6.64. The summed E-state index contributed by atoms with van der Waals surface area (Å²) in [4.78, 5) is 12.8. The minimum Gasteiger partial charge on any atom is -0.411 e. The van der Waals surface area contributed by atoms with Crippen molar-refractivity contribution in [2.75, 3.05) is 14.9 Å². The zero-order chi connectivity index (χ0) is 25.1. The van der Waals surface area contributed by atoms with Gasteiger partial charge in [-0.1, -0.05) is 92.4 Å². The Morgan fingerprint density at radius 3 is 0.824 bits per heavy atom. The van der Waals surface area contributed by atoms with E-state index in [0.717, 1.165) is 0 Å². The van der Waals surface area contributed by atoms with Gasteiger partial charge in [-0.25, -0.2) is 0 Å². The molecule has 0 amide bonds. The number of aryl methyl sites for hydroxylation is 3. The van der Waals surface area contributed by atoms with Crippen LogP contribution in [0.25, 0.3) is 0 Å². The lowest BCUT2D eigenvalue weighted by molar-refractivity contribution is 1.30. The Morgan fingerprint density at radius 1 is 0.412 bits per heavy atom. The lowest BCUT2D eigenvalue weighted by Gasteiger charge is -2.50. The highest BCUT2D eigenvalue weighted by Crippen LogP contribution is 2.41. The normalized spacial score (nSPS) is 12.5. The second kappa shape index (κ2) is 10.1. The lowest BCUT2D eigenvalue weighted by Crippen LogP contribution is -2.67. The molecule has 0 aliphatic carbocycles. The summed E-state index contributed by atoms with van der Waals surface area (Å²) >= 11 is 0. The maximum absolute atomic E-state index is 4.08. The van der Waals surface area contributed by atoms with Crippen molar-refractivity contribution in [3.05, 3.63) is 89.5 Å². The highest BCUT2D eigenvalue weighted by atomic mass is 28.5. The first kappa shape index (κ1) is 26.3. The molecule has 0 aromatic heterocycles. The van der Waals surface area contributed by atoms with Gasteiger partial charge in [0.15, 0.2) is 0 Å². The molecule has 0 spiro atoms. The van der Waals surface area contributed by atoms with Crippen LogP contribution < -0.4 is 14.9 Å². The molecule has 3 aromatic rings. The number of anilines is 3. The Balaban J connectivity index is 2.00. The molecule has 0 atom stereocenters. The van der Waals surface area contributed by atoms with Gasteiger partial charge < -0.3 is 14.9 Å². The van der Waals surface area contributed by atoms with Crippen molar-refractivity contribution in [3.8, 4) is 0 Å². The van der Waals surface area contributed by atoms with Gasteiger partial charge in [-0.15, -0.1) is 0 Å². The van der Waals surface area contributed by atoms with E-state index in [-0.39, 0.29) is 0 Å². The average molecular weight is 506 g/mol. The fraction of sp³-hybridized carbons (Fsp3) is 0.357. The summed E-state index contributed by atoms with van der Waals surface area (Å²) in [5.74, 6) is 0. The van der Waals surface area contributed by atoms with Gasteiger partial charge in [0.2, 0.25) is 0 Å². The molecule has 0 saturated carbocycles. The third-order valence-corrected chi connectivity index (χ3v) is 26.8. The van der Waals surface area contributed by atoms with Gasteiger partial charge in [-0.05, 0) is 62.0 Å². The minimum atomic E-state index is -1.94. The van der Waals surface area contributed by atoms with Crippen molar-refractivity contribution in [2.24, 2.45) is 0 Å². The van der Waals surface area contributed by atoms with E-state index in [1.165, 1.54) is 33.8 Å². The van der Waals surface area contributed by atoms with E-state index in [0.29, 0.717) is 4.79 Å². The van der Waals surface area contributed by atoms with Gasteiger partial charge in [-0.3, -0.25) is 0 Å². The predicted octanol–water partition coefficient (Wildman–Crippen LogP) is 8.31. The molecule has 34 heavy (non-hydrogen) atoms. The molecule has 3 N–H and O–H groups in total. The van der Waals surface area contributed by atoms with Crippen LogP contribution in [0.2, 0.25) is 44.1 Å². The van der Waals surface area contributed by atoms with Gasteiger partial charge in [0.1, 0.15) is 24.7 Å². The van der Waals surface area contributed by atoms with Crippen LogP contribution in [0.15, 0.2) is 72.8 Å². The zero-order valence-electron chi connectivity index (χ0n) is 22.5. The molecule has 0 saturated heterocycles. The number of rotatable bonds is 9. The SMILES string of the molecule is Cc1ccc(N[Si](C)(C)C([Si](C)(C)Nc2ccc(C)cc2)[Si](C)(C)Nc2ccc(C)cc2)cc1. The van der Waals surface area contributed by atoms with Gasteiger partial charge in [-0.2, -0.15) is 0 Å². The highest BCUT2D eigenvalue weighted by molar-refractivity contribution is 7.15. The minimum absolute atomic E-state index is 0.594. The molecule has 3 nitrogen and oxygen atoms in total. The molecule has 6 heteroatoms. The molecule has 182 valence electrons. The van der Waals surface area contributed by atoms with Gasteiger partial charge in [0.05, 0.1) is 0 Å². The fourth-order valence-electron chi connectivity index (χ4n) is 5.95. The Hall–Kier alpha value is -2.29. The van der Waals surface area contributed by atoms with Crippen molar-refractivity contribution < 1.29 is 0 Å². The zero-order valence-corrected chi connectivity index (χ0v) is 25.5. The van der Waals surface area contributed by atoms with Gasteiger partial charge in [0, 0.05) is 17.1 Å². The van der Waals surface area contributed by atoms with Crippen LogP contribution in [0.4, 0.5) is 17.1 Å². The monoisotopic (exact) mass is 505 g/mol. The van der Waals surface area contributed by atoms with E-state index in [4.69, 9.17) is 0 Å². The first-order valence-corrected chi connectivity index (χ1v) is 21.6. The number of nitrogens with one attached hydrogen (secondary N) is 3. The molecule has 0 aliphatic heterocycles. The molecule has 0 aliphatic rings. The largest absolute Gasteiger partial charge is 0.411 e. The maximum Gasteiger partial charge on any atom is 0.148 e. The van der Waals surface area contributed by atoms with Crippen molar-refractivity contribution in [1.82, 2.24) is 0 Å². The van der Waals surface area contributed by atoms with Crippen LogP contribution in [0, 0.1) is 20.8 Å². The molecule has 0 bridgehead atoms. The van der Waals surface area contributed by atoms with Crippen LogP contribution in [0.3, 0.4) is 0 Å². The molecule has 0 unspecified atom stereocenters. The van der Waals surface area contributed by atoms with Crippen LogP contribution in [0.5, 0.6) is 0 Å². The van der Waals surface area contributed by atoms with Crippen LogP contribution in [-0.4, -0.2) is 24.7 Å². The summed E-state index contributed by atoms with van der Waals surface area (Å²) in [7, 11) is -5.83. The first-order valence-electron chi connectivity index (χ1n) is 12.3. The Morgan fingerprint density at radius 2 is 0.618 bits per heavy atom. The topological polar surface area (TPSA) is 36.1 Å². The van der Waals surface area contributed by atoms with E-state index < -0.39 is 24.7 Å².